The molecule has 0 aromatic carbocycles. The Kier molecular flexibility index (Phi) is 1.52. The van der Waals surface area contributed by atoms with E-state index in [1.165, 1.54) is 38.8 Å². The summed E-state index contributed by atoms with van der Waals surface area (Å²) in [7, 11) is 0. The first-order valence-electron chi connectivity index (χ1n) is 5.58. The second kappa shape index (κ2) is 2.47. The predicted molar refractivity (Wildman–Crippen MR) is 50.0 cm³/mol. The monoisotopic (exact) mass is 165 g/mol. The molecule has 12 heavy (non-hydrogen) atoms. The summed E-state index contributed by atoms with van der Waals surface area (Å²) in [6.07, 6.45) is 6.05. The molecule has 0 radical (unpaired) electrons. The summed E-state index contributed by atoms with van der Waals surface area (Å²) >= 11 is 0. The molecular formula is C11H19N. The highest BCUT2D eigenvalue weighted by atomic mass is 15.2. The van der Waals surface area contributed by atoms with Gasteiger partial charge in [-0.25, -0.2) is 0 Å². The van der Waals surface area contributed by atoms with Crippen molar-refractivity contribution >= 4 is 0 Å². The van der Waals surface area contributed by atoms with Gasteiger partial charge in [0.25, 0.3) is 0 Å². The Labute approximate surface area is 75.1 Å². The van der Waals surface area contributed by atoms with Gasteiger partial charge in [0.05, 0.1) is 0 Å². The second-order valence-electron chi connectivity index (χ2n) is 5.18. The molecular weight excluding hydrogens is 146 g/mol. The van der Waals surface area contributed by atoms with Gasteiger partial charge in [0, 0.05) is 6.04 Å². The SMILES string of the molecule is CC1CC2C3CCN(CC3)C2C1. The zero-order chi connectivity index (χ0) is 8.13. The number of rotatable bonds is 0. The Morgan fingerprint density at radius 1 is 1.08 bits per heavy atom. The molecule has 0 aromatic heterocycles. The molecule has 3 unspecified atom stereocenters. The number of nitrogens with zero attached hydrogens (tertiary/aromatic N) is 1. The van der Waals surface area contributed by atoms with Crippen molar-refractivity contribution < 1.29 is 0 Å². The highest BCUT2D eigenvalue weighted by molar-refractivity contribution is 4.99. The molecule has 3 saturated heterocycles. The van der Waals surface area contributed by atoms with Crippen LogP contribution in [0.5, 0.6) is 0 Å². The molecule has 4 fully saturated rings. The van der Waals surface area contributed by atoms with Gasteiger partial charge in [-0.2, -0.15) is 0 Å². The lowest BCUT2D eigenvalue weighted by Gasteiger charge is -2.48. The summed E-state index contributed by atoms with van der Waals surface area (Å²) in [5.41, 5.74) is 0. The van der Waals surface area contributed by atoms with Crippen molar-refractivity contribution in [3.05, 3.63) is 0 Å². The maximum atomic E-state index is 2.77. The van der Waals surface area contributed by atoms with E-state index in [0.29, 0.717) is 0 Å². The first-order chi connectivity index (χ1) is 5.84. The fourth-order valence-corrected chi connectivity index (χ4v) is 3.91. The van der Waals surface area contributed by atoms with Crippen LogP contribution in [0.3, 0.4) is 0 Å². The van der Waals surface area contributed by atoms with Crippen LogP contribution in [0.4, 0.5) is 0 Å². The standard InChI is InChI=1S/C11H19N/c1-8-6-10-9-2-4-12(5-3-9)11(10)7-8/h8-11H,2-7H2,1H3. The largest absolute Gasteiger partial charge is 0.300 e. The lowest BCUT2D eigenvalue weighted by molar-refractivity contribution is 0.00792. The van der Waals surface area contributed by atoms with E-state index in [0.717, 1.165) is 23.8 Å². The maximum absolute atomic E-state index is 2.77. The van der Waals surface area contributed by atoms with E-state index in [1.807, 2.05) is 0 Å². The number of piperidine rings is 3. The van der Waals surface area contributed by atoms with E-state index in [-0.39, 0.29) is 0 Å². The minimum Gasteiger partial charge on any atom is -0.300 e. The van der Waals surface area contributed by atoms with Crippen molar-refractivity contribution in [1.29, 1.82) is 0 Å². The zero-order valence-electron chi connectivity index (χ0n) is 8.00. The Morgan fingerprint density at radius 2 is 1.83 bits per heavy atom. The summed E-state index contributed by atoms with van der Waals surface area (Å²) in [4.78, 5) is 2.77. The Morgan fingerprint density at radius 3 is 2.50 bits per heavy atom. The molecule has 4 rings (SSSR count). The van der Waals surface area contributed by atoms with Crippen LogP contribution in [-0.2, 0) is 0 Å². The summed E-state index contributed by atoms with van der Waals surface area (Å²) in [6, 6.07) is 1.01. The first kappa shape index (κ1) is 7.37. The number of hydrogen-bond donors (Lipinski definition) is 0. The van der Waals surface area contributed by atoms with Crippen LogP contribution in [0.15, 0.2) is 0 Å². The van der Waals surface area contributed by atoms with E-state index in [2.05, 4.69) is 11.8 Å². The molecule has 0 spiro atoms. The van der Waals surface area contributed by atoms with E-state index >= 15 is 0 Å². The minimum absolute atomic E-state index is 1.01. The molecule has 0 amide bonds. The van der Waals surface area contributed by atoms with Gasteiger partial charge in [-0.15, -0.1) is 0 Å². The quantitative estimate of drug-likeness (QED) is 0.531. The van der Waals surface area contributed by atoms with Crippen molar-refractivity contribution in [3.63, 3.8) is 0 Å². The Bertz CT molecular complexity index is 161. The van der Waals surface area contributed by atoms with Crippen LogP contribution < -0.4 is 0 Å². The van der Waals surface area contributed by atoms with Crippen LogP contribution >= 0.6 is 0 Å². The van der Waals surface area contributed by atoms with Crippen molar-refractivity contribution in [3.8, 4) is 0 Å². The van der Waals surface area contributed by atoms with E-state index in [9.17, 15) is 0 Å². The average molecular weight is 165 g/mol. The number of fused-ring (bicyclic) bond motifs is 2. The first-order valence-corrected chi connectivity index (χ1v) is 5.58. The molecule has 1 saturated carbocycles. The number of hydrogen-bond acceptors (Lipinski definition) is 1. The van der Waals surface area contributed by atoms with Gasteiger partial charge in [-0.1, -0.05) is 6.92 Å². The lowest BCUT2D eigenvalue weighted by Crippen LogP contribution is -2.52. The molecule has 0 N–H and O–H groups in total. The molecule has 3 heterocycles. The fourth-order valence-electron chi connectivity index (χ4n) is 3.91. The zero-order valence-corrected chi connectivity index (χ0v) is 8.00. The predicted octanol–water partition coefficient (Wildman–Crippen LogP) is 2.13. The van der Waals surface area contributed by atoms with Gasteiger partial charge >= 0.3 is 0 Å². The highest BCUT2D eigenvalue weighted by Gasteiger charge is 2.46. The summed E-state index contributed by atoms with van der Waals surface area (Å²) in [5.74, 6) is 3.23. The van der Waals surface area contributed by atoms with Crippen molar-refractivity contribution in [2.45, 2.75) is 38.6 Å². The second-order valence-corrected chi connectivity index (χ2v) is 5.18. The maximum Gasteiger partial charge on any atom is 0.0129 e. The molecule has 0 aromatic rings. The Balaban J connectivity index is 1.86. The fraction of sp³-hybridized carbons (Fsp3) is 1.00. The normalized spacial score (nSPS) is 57.2. The molecule has 4 aliphatic rings. The molecule has 1 aliphatic carbocycles. The minimum atomic E-state index is 1.01. The van der Waals surface area contributed by atoms with E-state index < -0.39 is 0 Å². The van der Waals surface area contributed by atoms with Gasteiger partial charge in [-0.3, -0.25) is 0 Å². The summed E-state index contributed by atoms with van der Waals surface area (Å²) < 4.78 is 0. The van der Waals surface area contributed by atoms with Crippen LogP contribution in [0.25, 0.3) is 0 Å². The third-order valence-corrected chi connectivity index (χ3v) is 4.46. The van der Waals surface area contributed by atoms with Crippen LogP contribution in [0.2, 0.25) is 0 Å². The van der Waals surface area contributed by atoms with Crippen LogP contribution in [0, 0.1) is 17.8 Å². The van der Waals surface area contributed by atoms with Gasteiger partial charge < -0.3 is 4.90 Å². The van der Waals surface area contributed by atoms with Gasteiger partial charge in [0.1, 0.15) is 0 Å². The van der Waals surface area contributed by atoms with Crippen LogP contribution in [0.1, 0.15) is 32.6 Å². The van der Waals surface area contributed by atoms with Crippen molar-refractivity contribution in [1.82, 2.24) is 4.90 Å². The average Bonchev–Trinajstić information content (AvgIpc) is 2.49. The summed E-state index contributed by atoms with van der Waals surface area (Å²) in [5, 5.41) is 0. The molecule has 3 atom stereocenters. The molecule has 1 nitrogen and oxygen atoms in total. The highest BCUT2D eigenvalue weighted by Crippen LogP contribution is 2.47. The van der Waals surface area contributed by atoms with Crippen LogP contribution in [-0.4, -0.2) is 24.0 Å². The topological polar surface area (TPSA) is 3.24 Å². The Hall–Kier alpha value is -0.0400. The molecule has 3 aliphatic heterocycles. The lowest BCUT2D eigenvalue weighted by atomic mass is 9.75. The third kappa shape index (κ3) is 0.891. The smallest absolute Gasteiger partial charge is 0.0129 e. The van der Waals surface area contributed by atoms with Gasteiger partial charge in [0.15, 0.2) is 0 Å². The van der Waals surface area contributed by atoms with E-state index in [4.69, 9.17) is 0 Å². The van der Waals surface area contributed by atoms with Crippen molar-refractivity contribution in [2.75, 3.05) is 13.1 Å². The van der Waals surface area contributed by atoms with Gasteiger partial charge in [0.2, 0.25) is 0 Å². The molecule has 2 bridgehead atoms. The molecule has 1 heteroatoms. The molecule has 68 valence electrons. The summed E-state index contributed by atoms with van der Waals surface area (Å²) in [6.45, 7) is 5.27. The third-order valence-electron chi connectivity index (χ3n) is 4.46. The van der Waals surface area contributed by atoms with E-state index in [1.54, 1.807) is 0 Å². The van der Waals surface area contributed by atoms with Crippen molar-refractivity contribution in [2.24, 2.45) is 17.8 Å². The van der Waals surface area contributed by atoms with Gasteiger partial charge in [-0.05, 0) is 56.5 Å².